The van der Waals surface area contributed by atoms with Crippen molar-refractivity contribution in [3.8, 4) is 6.07 Å². The minimum absolute atomic E-state index is 0.145. The largest absolute Gasteiger partial charge is 0.392 e. The highest BCUT2D eigenvalue weighted by atomic mass is 19.1. The molecule has 0 radical (unpaired) electrons. The number of benzene rings is 1. The van der Waals surface area contributed by atoms with Crippen LogP contribution in [0.2, 0.25) is 0 Å². The van der Waals surface area contributed by atoms with E-state index in [-0.39, 0.29) is 18.6 Å². The maximum absolute atomic E-state index is 13.1. The monoisotopic (exact) mass is 225 g/mol. The number of nitrogens with zero attached hydrogens (tertiary/aromatic N) is 1. The van der Waals surface area contributed by atoms with Gasteiger partial charge in [0.1, 0.15) is 11.9 Å². The average Bonchev–Trinajstić information content (AvgIpc) is 2.27. The summed E-state index contributed by atoms with van der Waals surface area (Å²) in [4.78, 5) is 0. The molecule has 5 heteroatoms. The molecule has 1 rings (SSSR count). The normalized spacial score (nSPS) is 14.2. The van der Waals surface area contributed by atoms with Crippen molar-refractivity contribution in [3.63, 3.8) is 0 Å². The summed E-state index contributed by atoms with van der Waals surface area (Å²) in [6.45, 7) is -0.355. The van der Waals surface area contributed by atoms with Crippen molar-refractivity contribution in [2.24, 2.45) is 0 Å². The first-order chi connectivity index (χ1) is 7.58. The van der Waals surface area contributed by atoms with Crippen LogP contribution in [0.1, 0.15) is 23.7 Å². The average molecular weight is 225 g/mol. The van der Waals surface area contributed by atoms with Crippen molar-refractivity contribution in [1.29, 1.82) is 5.26 Å². The second kappa shape index (κ2) is 5.56. The fraction of sp³-hybridized carbons (Fsp3) is 0.364. The second-order valence-corrected chi connectivity index (χ2v) is 3.43. The van der Waals surface area contributed by atoms with Gasteiger partial charge in [-0.25, -0.2) is 4.39 Å². The molecule has 3 N–H and O–H groups in total. The first kappa shape index (κ1) is 12.6. The first-order valence-corrected chi connectivity index (χ1v) is 4.71. The van der Waals surface area contributed by atoms with Crippen LogP contribution in [-0.2, 0) is 6.61 Å². The molecule has 4 nitrogen and oxygen atoms in total. The maximum Gasteiger partial charge on any atom is 0.123 e. The number of halogens is 1. The zero-order chi connectivity index (χ0) is 12.1. The Kier molecular flexibility index (Phi) is 4.38. The van der Waals surface area contributed by atoms with Crippen LogP contribution in [0, 0.1) is 17.1 Å². The number of aliphatic hydroxyl groups excluding tert-OH is 3. The summed E-state index contributed by atoms with van der Waals surface area (Å²) in [5.41, 5.74) is 0.449. The van der Waals surface area contributed by atoms with Gasteiger partial charge in [0.15, 0.2) is 0 Å². The van der Waals surface area contributed by atoms with Gasteiger partial charge < -0.3 is 15.3 Å². The quantitative estimate of drug-likeness (QED) is 0.701. The third kappa shape index (κ3) is 3.00. The lowest BCUT2D eigenvalue weighted by molar-refractivity contribution is 0.0214. The van der Waals surface area contributed by atoms with Crippen LogP contribution >= 0.6 is 0 Å². The molecule has 0 aliphatic heterocycles. The van der Waals surface area contributed by atoms with Gasteiger partial charge in [0.2, 0.25) is 0 Å². The molecule has 0 aromatic heterocycles. The summed E-state index contributed by atoms with van der Waals surface area (Å²) in [6.07, 6.45) is -2.84. The molecule has 0 heterocycles. The van der Waals surface area contributed by atoms with Gasteiger partial charge >= 0.3 is 0 Å². The predicted octanol–water partition coefficient (Wildman–Crippen LogP) is 0.626. The van der Waals surface area contributed by atoms with Crippen LogP contribution in [-0.4, -0.2) is 21.4 Å². The van der Waals surface area contributed by atoms with E-state index in [1.807, 2.05) is 0 Å². The molecule has 16 heavy (non-hydrogen) atoms. The van der Waals surface area contributed by atoms with E-state index in [1.54, 1.807) is 6.07 Å². The SMILES string of the molecule is N#CCC(O)C(O)c1cc(F)cc(CO)c1. The van der Waals surface area contributed by atoms with E-state index < -0.39 is 18.0 Å². The highest BCUT2D eigenvalue weighted by molar-refractivity contribution is 5.26. The van der Waals surface area contributed by atoms with Crippen molar-refractivity contribution >= 4 is 0 Å². The molecule has 86 valence electrons. The first-order valence-electron chi connectivity index (χ1n) is 4.71. The Bertz CT molecular complexity index is 403. The smallest absolute Gasteiger partial charge is 0.123 e. The zero-order valence-electron chi connectivity index (χ0n) is 8.47. The Labute approximate surface area is 92.2 Å². The van der Waals surface area contributed by atoms with Crippen LogP contribution in [0.4, 0.5) is 4.39 Å². The van der Waals surface area contributed by atoms with Crippen LogP contribution in [0.5, 0.6) is 0 Å². The molecule has 0 fully saturated rings. The molecular formula is C11H12FNO3. The summed E-state index contributed by atoms with van der Waals surface area (Å²) < 4.78 is 13.1. The Hall–Kier alpha value is -1.48. The molecule has 0 aliphatic carbocycles. The molecule has 1 aromatic rings. The Balaban J connectivity index is 2.95. The van der Waals surface area contributed by atoms with Gasteiger partial charge in [-0.2, -0.15) is 5.26 Å². The van der Waals surface area contributed by atoms with Gasteiger partial charge in [0.25, 0.3) is 0 Å². The lowest BCUT2D eigenvalue weighted by Gasteiger charge is -2.16. The van der Waals surface area contributed by atoms with Crippen molar-refractivity contribution in [3.05, 3.63) is 35.1 Å². The lowest BCUT2D eigenvalue weighted by Crippen LogP contribution is -2.17. The third-order valence-corrected chi connectivity index (χ3v) is 2.17. The topological polar surface area (TPSA) is 84.5 Å². The van der Waals surface area contributed by atoms with E-state index in [1.165, 1.54) is 6.07 Å². The van der Waals surface area contributed by atoms with E-state index in [0.29, 0.717) is 5.56 Å². The number of nitriles is 1. The maximum atomic E-state index is 13.1. The second-order valence-electron chi connectivity index (χ2n) is 3.43. The highest BCUT2D eigenvalue weighted by Gasteiger charge is 2.19. The lowest BCUT2D eigenvalue weighted by atomic mass is 10.0. The number of aliphatic hydroxyl groups is 3. The molecule has 0 aliphatic rings. The Morgan fingerprint density at radius 2 is 2.00 bits per heavy atom. The number of hydrogen-bond acceptors (Lipinski definition) is 4. The Morgan fingerprint density at radius 1 is 1.31 bits per heavy atom. The standard InChI is InChI=1S/C11H12FNO3/c12-9-4-7(6-14)3-8(5-9)11(16)10(15)1-2-13/h3-5,10-11,14-16H,1,6H2. The van der Waals surface area contributed by atoms with E-state index in [4.69, 9.17) is 10.4 Å². The molecule has 0 amide bonds. The summed E-state index contributed by atoms with van der Waals surface area (Å²) in [6, 6.07) is 5.28. The third-order valence-electron chi connectivity index (χ3n) is 2.17. The highest BCUT2D eigenvalue weighted by Crippen LogP contribution is 2.21. The van der Waals surface area contributed by atoms with Crippen molar-refractivity contribution in [2.75, 3.05) is 0 Å². The van der Waals surface area contributed by atoms with Gasteiger partial charge in [-0.15, -0.1) is 0 Å². The van der Waals surface area contributed by atoms with Crippen LogP contribution in [0.3, 0.4) is 0 Å². The van der Waals surface area contributed by atoms with Crippen LogP contribution in [0.25, 0.3) is 0 Å². The van der Waals surface area contributed by atoms with Crippen molar-refractivity contribution in [2.45, 2.75) is 25.2 Å². The van der Waals surface area contributed by atoms with Gasteiger partial charge in [-0.3, -0.25) is 0 Å². The van der Waals surface area contributed by atoms with E-state index in [0.717, 1.165) is 12.1 Å². The predicted molar refractivity (Wildman–Crippen MR) is 53.5 cm³/mol. The van der Waals surface area contributed by atoms with Gasteiger partial charge in [0.05, 0.1) is 25.2 Å². The molecule has 2 atom stereocenters. The molecule has 0 spiro atoms. The molecule has 1 aromatic carbocycles. The molecule has 0 saturated carbocycles. The van der Waals surface area contributed by atoms with Gasteiger partial charge in [0, 0.05) is 0 Å². The van der Waals surface area contributed by atoms with Gasteiger partial charge in [-0.05, 0) is 23.3 Å². The van der Waals surface area contributed by atoms with E-state index in [2.05, 4.69) is 0 Å². The van der Waals surface area contributed by atoms with Crippen LogP contribution < -0.4 is 0 Å². The minimum atomic E-state index is -1.33. The fourth-order valence-corrected chi connectivity index (χ4v) is 1.36. The number of rotatable bonds is 4. The van der Waals surface area contributed by atoms with Crippen molar-refractivity contribution in [1.82, 2.24) is 0 Å². The zero-order valence-corrected chi connectivity index (χ0v) is 8.47. The van der Waals surface area contributed by atoms with Crippen molar-refractivity contribution < 1.29 is 19.7 Å². The van der Waals surface area contributed by atoms with E-state index >= 15 is 0 Å². The summed E-state index contributed by atoms with van der Waals surface area (Å²) in [5, 5.41) is 36.2. The molecule has 2 unspecified atom stereocenters. The van der Waals surface area contributed by atoms with Gasteiger partial charge in [-0.1, -0.05) is 6.07 Å². The number of hydrogen-bond donors (Lipinski definition) is 3. The minimum Gasteiger partial charge on any atom is -0.392 e. The van der Waals surface area contributed by atoms with E-state index in [9.17, 15) is 14.6 Å². The molecule has 0 bridgehead atoms. The van der Waals surface area contributed by atoms with Crippen LogP contribution in [0.15, 0.2) is 18.2 Å². The Morgan fingerprint density at radius 3 is 2.56 bits per heavy atom. The summed E-state index contributed by atoms with van der Waals surface area (Å²) in [5.74, 6) is -0.607. The molecular weight excluding hydrogens is 213 g/mol. The summed E-state index contributed by atoms with van der Waals surface area (Å²) in [7, 11) is 0. The fourth-order valence-electron chi connectivity index (χ4n) is 1.36. The molecule has 0 saturated heterocycles. The summed E-state index contributed by atoms with van der Waals surface area (Å²) >= 11 is 0.